The molecule has 0 amide bonds. The Kier molecular flexibility index (Phi) is 9.07. The van der Waals surface area contributed by atoms with Gasteiger partial charge in [0.25, 0.3) is 0 Å². The quantitative estimate of drug-likeness (QED) is 0.380. The maximum Gasteiger partial charge on any atom is 0.0434 e. The predicted octanol–water partition coefficient (Wildman–Crippen LogP) is 8.58. The molecular weight excluding hydrogens is 350 g/mol. The lowest BCUT2D eigenvalue weighted by atomic mass is 9.66. The van der Waals surface area contributed by atoms with Gasteiger partial charge in [-0.25, -0.2) is 0 Å². The second-order valence-corrected chi connectivity index (χ2v) is 10.6. The third-order valence-electron chi connectivity index (χ3n) is 8.86. The van der Waals surface area contributed by atoms with Crippen molar-refractivity contribution in [2.45, 2.75) is 117 Å². The van der Waals surface area contributed by atoms with E-state index in [9.17, 15) is 0 Å². The third-order valence-corrected chi connectivity index (χ3v) is 8.86. The number of pyridine rings is 1. The molecule has 1 heteroatoms. The Bertz CT molecular complexity index is 560. The van der Waals surface area contributed by atoms with Gasteiger partial charge in [-0.2, -0.15) is 0 Å². The van der Waals surface area contributed by atoms with Crippen LogP contribution in [-0.4, -0.2) is 4.98 Å². The van der Waals surface area contributed by atoms with Gasteiger partial charge in [0.05, 0.1) is 0 Å². The van der Waals surface area contributed by atoms with Crippen molar-refractivity contribution in [3.8, 4) is 0 Å². The molecule has 0 radical (unpaired) electrons. The smallest absolute Gasteiger partial charge is 0.0434 e. The monoisotopic (exact) mass is 397 g/mol. The molecule has 0 aliphatic heterocycles. The molecule has 0 N–H and O–H groups in total. The largest absolute Gasteiger partial charge is 0.261 e. The standard InChI is InChI=1S/C28H47N/c1-5-7-8-9-24-12-19-28(29-20-24)22(4)27-17-15-26(16-18-27)21(3)25-13-10-23(6-2)11-14-25/h12,19-23,25-27H,5-11,13-18H2,1-4H3. The van der Waals surface area contributed by atoms with Crippen LogP contribution in [0.2, 0.25) is 0 Å². The first kappa shape index (κ1) is 22.8. The molecule has 1 nitrogen and oxygen atoms in total. The van der Waals surface area contributed by atoms with Crippen molar-refractivity contribution in [1.29, 1.82) is 0 Å². The molecule has 0 spiro atoms. The van der Waals surface area contributed by atoms with E-state index in [1.807, 2.05) is 0 Å². The first-order valence-corrected chi connectivity index (χ1v) is 13.1. The first-order chi connectivity index (χ1) is 14.1. The second kappa shape index (κ2) is 11.5. The van der Waals surface area contributed by atoms with Crippen LogP contribution in [0.25, 0.3) is 0 Å². The average Bonchev–Trinajstić information content (AvgIpc) is 2.79. The summed E-state index contributed by atoms with van der Waals surface area (Å²) in [7, 11) is 0. The number of unbranched alkanes of at least 4 members (excludes halogenated alkanes) is 2. The zero-order valence-corrected chi connectivity index (χ0v) is 19.8. The lowest BCUT2D eigenvalue weighted by Gasteiger charge is -2.40. The van der Waals surface area contributed by atoms with E-state index in [1.165, 1.54) is 94.7 Å². The number of hydrogen-bond acceptors (Lipinski definition) is 1. The fourth-order valence-electron chi connectivity index (χ4n) is 6.35. The van der Waals surface area contributed by atoms with E-state index in [1.54, 1.807) is 0 Å². The van der Waals surface area contributed by atoms with Gasteiger partial charge in [0.1, 0.15) is 0 Å². The maximum absolute atomic E-state index is 4.88. The Hall–Kier alpha value is -0.850. The van der Waals surface area contributed by atoms with Crippen molar-refractivity contribution in [3.05, 3.63) is 29.6 Å². The Morgan fingerprint density at radius 2 is 1.45 bits per heavy atom. The SMILES string of the molecule is CCCCCc1ccc(C(C)C2CCC(C(C)C3CCC(CC)CC3)CC2)nc1. The summed E-state index contributed by atoms with van der Waals surface area (Å²) in [5, 5.41) is 0. The summed E-state index contributed by atoms with van der Waals surface area (Å²) >= 11 is 0. The zero-order valence-electron chi connectivity index (χ0n) is 19.8. The van der Waals surface area contributed by atoms with Crippen molar-refractivity contribution in [1.82, 2.24) is 4.98 Å². The van der Waals surface area contributed by atoms with Gasteiger partial charge in [-0.05, 0) is 92.6 Å². The normalized spacial score (nSPS) is 30.1. The molecule has 2 fully saturated rings. The van der Waals surface area contributed by atoms with Crippen LogP contribution >= 0.6 is 0 Å². The molecule has 164 valence electrons. The summed E-state index contributed by atoms with van der Waals surface area (Å²) in [6, 6.07) is 4.67. The molecule has 2 saturated carbocycles. The first-order valence-electron chi connectivity index (χ1n) is 13.1. The van der Waals surface area contributed by atoms with Gasteiger partial charge in [-0.15, -0.1) is 0 Å². The fraction of sp³-hybridized carbons (Fsp3) is 0.821. The summed E-state index contributed by atoms with van der Waals surface area (Å²) in [4.78, 5) is 4.88. The van der Waals surface area contributed by atoms with Crippen LogP contribution in [0.5, 0.6) is 0 Å². The maximum atomic E-state index is 4.88. The molecule has 2 aliphatic carbocycles. The zero-order chi connectivity index (χ0) is 20.6. The molecule has 3 rings (SSSR count). The van der Waals surface area contributed by atoms with Gasteiger partial charge in [0, 0.05) is 17.8 Å². The van der Waals surface area contributed by atoms with Gasteiger partial charge >= 0.3 is 0 Å². The minimum atomic E-state index is 0.621. The minimum Gasteiger partial charge on any atom is -0.261 e. The van der Waals surface area contributed by atoms with Gasteiger partial charge in [-0.1, -0.05) is 65.9 Å². The van der Waals surface area contributed by atoms with E-state index in [-0.39, 0.29) is 0 Å². The Morgan fingerprint density at radius 3 is 2.00 bits per heavy atom. The number of rotatable bonds is 9. The van der Waals surface area contributed by atoms with Crippen LogP contribution in [0.4, 0.5) is 0 Å². The van der Waals surface area contributed by atoms with Gasteiger partial charge < -0.3 is 0 Å². The van der Waals surface area contributed by atoms with Gasteiger partial charge in [0.2, 0.25) is 0 Å². The Morgan fingerprint density at radius 1 is 0.828 bits per heavy atom. The summed E-state index contributed by atoms with van der Waals surface area (Å²) in [6.07, 6.45) is 20.4. The molecule has 0 aromatic carbocycles. The third kappa shape index (κ3) is 6.31. The summed E-state index contributed by atoms with van der Waals surface area (Å²) in [6.45, 7) is 9.67. The summed E-state index contributed by atoms with van der Waals surface area (Å²) < 4.78 is 0. The number of aryl methyl sites for hydroxylation is 1. The summed E-state index contributed by atoms with van der Waals surface area (Å²) in [5.74, 6) is 5.43. The average molecular weight is 398 g/mol. The van der Waals surface area contributed by atoms with Gasteiger partial charge in [-0.3, -0.25) is 4.98 Å². The van der Waals surface area contributed by atoms with Gasteiger partial charge in [0.15, 0.2) is 0 Å². The Labute approximate surface area is 181 Å². The minimum absolute atomic E-state index is 0.621. The molecular formula is C28H47N. The van der Waals surface area contributed by atoms with Crippen LogP contribution in [0.3, 0.4) is 0 Å². The van der Waals surface area contributed by atoms with E-state index < -0.39 is 0 Å². The highest BCUT2D eigenvalue weighted by Crippen LogP contribution is 2.45. The van der Waals surface area contributed by atoms with Crippen LogP contribution in [0.15, 0.2) is 18.3 Å². The molecule has 2 unspecified atom stereocenters. The summed E-state index contributed by atoms with van der Waals surface area (Å²) in [5.41, 5.74) is 2.75. The fourth-order valence-corrected chi connectivity index (χ4v) is 6.35. The number of aromatic nitrogens is 1. The van der Waals surface area contributed by atoms with Crippen molar-refractivity contribution < 1.29 is 0 Å². The molecule has 0 bridgehead atoms. The predicted molar refractivity (Wildman–Crippen MR) is 126 cm³/mol. The molecule has 2 aliphatic rings. The number of hydrogen-bond donors (Lipinski definition) is 0. The molecule has 29 heavy (non-hydrogen) atoms. The highest BCUT2D eigenvalue weighted by atomic mass is 14.7. The van der Waals surface area contributed by atoms with Crippen LogP contribution in [0, 0.1) is 29.6 Å². The van der Waals surface area contributed by atoms with Crippen molar-refractivity contribution >= 4 is 0 Å². The molecule has 1 aromatic heterocycles. The molecule has 1 aromatic rings. The lowest BCUT2D eigenvalue weighted by molar-refractivity contribution is 0.119. The molecule has 0 saturated heterocycles. The second-order valence-electron chi connectivity index (χ2n) is 10.6. The van der Waals surface area contributed by atoms with E-state index in [4.69, 9.17) is 4.98 Å². The van der Waals surface area contributed by atoms with Crippen molar-refractivity contribution in [2.75, 3.05) is 0 Å². The van der Waals surface area contributed by atoms with E-state index in [0.717, 1.165) is 29.6 Å². The van der Waals surface area contributed by atoms with E-state index >= 15 is 0 Å². The van der Waals surface area contributed by atoms with Crippen molar-refractivity contribution in [2.24, 2.45) is 29.6 Å². The Balaban J connectivity index is 1.45. The number of nitrogens with zero attached hydrogens (tertiary/aromatic N) is 1. The molecule has 2 atom stereocenters. The van der Waals surface area contributed by atoms with Crippen LogP contribution < -0.4 is 0 Å². The molecule has 1 heterocycles. The highest BCUT2D eigenvalue weighted by molar-refractivity contribution is 5.17. The highest BCUT2D eigenvalue weighted by Gasteiger charge is 2.33. The van der Waals surface area contributed by atoms with E-state index in [2.05, 4.69) is 46.0 Å². The lowest BCUT2D eigenvalue weighted by Crippen LogP contribution is -2.29. The van der Waals surface area contributed by atoms with Crippen LogP contribution in [0.1, 0.15) is 122 Å². The topological polar surface area (TPSA) is 12.9 Å². The van der Waals surface area contributed by atoms with E-state index in [0.29, 0.717) is 5.92 Å². The van der Waals surface area contributed by atoms with Crippen LogP contribution in [-0.2, 0) is 6.42 Å². The van der Waals surface area contributed by atoms with Crippen molar-refractivity contribution in [3.63, 3.8) is 0 Å².